The van der Waals surface area contributed by atoms with Crippen LogP contribution in [0.5, 0.6) is 5.75 Å². The molecule has 0 bridgehead atoms. The van der Waals surface area contributed by atoms with Crippen molar-refractivity contribution in [3.05, 3.63) is 69.8 Å². The van der Waals surface area contributed by atoms with Crippen LogP contribution in [0.25, 0.3) is 5.76 Å². The molecule has 1 atom stereocenters. The van der Waals surface area contributed by atoms with E-state index >= 15 is 0 Å². The van der Waals surface area contributed by atoms with E-state index in [4.69, 9.17) is 21.1 Å². The number of hydrogen-bond acceptors (Lipinski definition) is 5. The van der Waals surface area contributed by atoms with Crippen molar-refractivity contribution in [1.82, 2.24) is 4.90 Å². The number of halogens is 1. The van der Waals surface area contributed by atoms with E-state index in [1.807, 2.05) is 31.2 Å². The van der Waals surface area contributed by atoms with Gasteiger partial charge in [0.15, 0.2) is 0 Å². The Bertz CT molecular complexity index is 1070. The highest BCUT2D eigenvalue weighted by Gasteiger charge is 2.46. The van der Waals surface area contributed by atoms with Gasteiger partial charge in [0.2, 0.25) is 0 Å². The number of hydrogen-bond donors (Lipinski definition) is 1. The van der Waals surface area contributed by atoms with Gasteiger partial charge in [0.1, 0.15) is 11.5 Å². The van der Waals surface area contributed by atoms with Crippen LogP contribution < -0.4 is 4.74 Å². The van der Waals surface area contributed by atoms with Gasteiger partial charge in [-0.2, -0.15) is 0 Å². The molecular weight excluding hydrogens is 442 g/mol. The number of aliphatic hydroxyl groups excluding tert-OH is 1. The Hall–Kier alpha value is -2.83. The van der Waals surface area contributed by atoms with Crippen LogP contribution in [0, 0.1) is 0 Å². The Morgan fingerprint density at radius 1 is 1.12 bits per heavy atom. The summed E-state index contributed by atoms with van der Waals surface area (Å²) in [6.07, 6.45) is 0. The number of Topliss-reactive ketones (excluding diaryl/α,β-unsaturated/α-hetero) is 1. The van der Waals surface area contributed by atoms with Crippen LogP contribution >= 0.6 is 11.6 Å². The second kappa shape index (κ2) is 9.98. The average molecular weight is 472 g/mol. The fourth-order valence-corrected chi connectivity index (χ4v) is 4.12. The van der Waals surface area contributed by atoms with Crippen LogP contribution in [0.15, 0.2) is 48.0 Å². The predicted molar refractivity (Wildman–Crippen MR) is 129 cm³/mol. The number of benzene rings is 2. The first-order valence-electron chi connectivity index (χ1n) is 10.9. The molecule has 176 valence electrons. The molecule has 0 radical (unpaired) electrons. The molecule has 1 heterocycles. The summed E-state index contributed by atoms with van der Waals surface area (Å²) in [6, 6.07) is 11.8. The lowest BCUT2D eigenvalue weighted by Gasteiger charge is -2.26. The lowest BCUT2D eigenvalue weighted by atomic mass is 9.85. The number of carbonyl (C=O) groups is 2. The third kappa shape index (κ3) is 5.07. The van der Waals surface area contributed by atoms with Gasteiger partial charge < -0.3 is 19.5 Å². The number of amides is 1. The minimum atomic E-state index is -0.737. The zero-order valence-corrected chi connectivity index (χ0v) is 20.4. The quantitative estimate of drug-likeness (QED) is 0.345. The molecule has 1 unspecified atom stereocenters. The van der Waals surface area contributed by atoms with Gasteiger partial charge in [0.25, 0.3) is 11.7 Å². The Labute approximate surface area is 199 Å². The number of rotatable bonds is 7. The van der Waals surface area contributed by atoms with Crippen LogP contribution in [0.1, 0.15) is 50.4 Å². The number of likely N-dealkylation sites (tertiary alicyclic amines) is 1. The fourth-order valence-electron chi connectivity index (χ4n) is 3.89. The Morgan fingerprint density at radius 3 is 2.33 bits per heavy atom. The second-order valence-electron chi connectivity index (χ2n) is 8.94. The van der Waals surface area contributed by atoms with Gasteiger partial charge >= 0.3 is 0 Å². The molecule has 1 amide bonds. The number of nitrogens with zero attached hydrogens (tertiary/aromatic N) is 1. The number of aliphatic hydroxyl groups is 1. The van der Waals surface area contributed by atoms with Gasteiger partial charge in [0.05, 0.1) is 29.9 Å². The van der Waals surface area contributed by atoms with Crippen LogP contribution in [0.4, 0.5) is 0 Å². The van der Waals surface area contributed by atoms with E-state index in [-0.39, 0.29) is 29.9 Å². The average Bonchev–Trinajstić information content (AvgIpc) is 3.03. The lowest BCUT2D eigenvalue weighted by Crippen LogP contribution is -2.32. The molecule has 33 heavy (non-hydrogen) atoms. The fraction of sp³-hybridized carbons (Fsp3) is 0.385. The molecule has 0 spiro atoms. The van der Waals surface area contributed by atoms with E-state index in [0.717, 1.165) is 11.1 Å². The smallest absolute Gasteiger partial charge is 0.295 e. The number of ketones is 1. The van der Waals surface area contributed by atoms with Gasteiger partial charge in [-0.25, -0.2) is 0 Å². The monoisotopic (exact) mass is 471 g/mol. The van der Waals surface area contributed by atoms with Crippen molar-refractivity contribution in [2.75, 3.05) is 26.9 Å². The Kier molecular flexibility index (Phi) is 7.50. The summed E-state index contributed by atoms with van der Waals surface area (Å²) in [5, 5.41) is 11.5. The van der Waals surface area contributed by atoms with Gasteiger partial charge in [-0.05, 0) is 41.7 Å². The maximum atomic E-state index is 13.1. The zero-order chi connectivity index (χ0) is 24.3. The minimum absolute atomic E-state index is 0.0276. The number of ether oxygens (including phenoxy) is 2. The van der Waals surface area contributed by atoms with Crippen LogP contribution in [-0.4, -0.2) is 48.6 Å². The van der Waals surface area contributed by atoms with E-state index in [1.165, 1.54) is 18.1 Å². The van der Waals surface area contributed by atoms with Gasteiger partial charge in [-0.3, -0.25) is 9.59 Å². The van der Waals surface area contributed by atoms with Crippen molar-refractivity contribution >= 4 is 29.1 Å². The van der Waals surface area contributed by atoms with Crippen LogP contribution in [0.3, 0.4) is 0 Å². The normalized spacial score (nSPS) is 18.1. The topological polar surface area (TPSA) is 76.1 Å². The van der Waals surface area contributed by atoms with E-state index in [1.54, 1.807) is 12.1 Å². The molecule has 1 N–H and O–H groups in total. The molecule has 7 heteroatoms. The molecule has 0 aromatic heterocycles. The molecular formula is C26H30ClNO5. The SMILES string of the molecule is CCOc1ccc(C(O)=C2C(=O)C(=O)N(CCOC)C2c2ccc(C(C)(C)C)cc2)cc1Cl. The molecule has 6 nitrogen and oxygen atoms in total. The van der Waals surface area contributed by atoms with E-state index in [9.17, 15) is 14.7 Å². The molecule has 1 aliphatic heterocycles. The zero-order valence-electron chi connectivity index (χ0n) is 19.6. The molecule has 0 aliphatic carbocycles. The number of methoxy groups -OCH3 is 1. The molecule has 1 fully saturated rings. The summed E-state index contributed by atoms with van der Waals surface area (Å²) in [7, 11) is 1.53. The summed E-state index contributed by atoms with van der Waals surface area (Å²) in [6.45, 7) is 9.11. The first kappa shape index (κ1) is 24.8. The van der Waals surface area contributed by atoms with Crippen molar-refractivity contribution < 1.29 is 24.2 Å². The largest absolute Gasteiger partial charge is 0.507 e. The summed E-state index contributed by atoms with van der Waals surface area (Å²) in [4.78, 5) is 27.4. The molecule has 2 aromatic carbocycles. The van der Waals surface area contributed by atoms with Crippen LogP contribution in [-0.2, 0) is 19.7 Å². The van der Waals surface area contributed by atoms with Crippen molar-refractivity contribution in [2.45, 2.75) is 39.2 Å². The molecule has 1 aliphatic rings. The Balaban J connectivity index is 2.13. The minimum Gasteiger partial charge on any atom is -0.507 e. The van der Waals surface area contributed by atoms with Crippen molar-refractivity contribution in [3.63, 3.8) is 0 Å². The molecule has 0 saturated carbocycles. The molecule has 3 rings (SSSR count). The highest BCUT2D eigenvalue weighted by molar-refractivity contribution is 6.46. The third-order valence-corrected chi connectivity index (χ3v) is 5.97. The van der Waals surface area contributed by atoms with E-state index in [2.05, 4.69) is 20.8 Å². The van der Waals surface area contributed by atoms with Gasteiger partial charge in [-0.15, -0.1) is 0 Å². The molecule has 1 saturated heterocycles. The third-order valence-electron chi connectivity index (χ3n) is 5.67. The summed E-state index contributed by atoms with van der Waals surface area (Å²) >= 11 is 6.30. The summed E-state index contributed by atoms with van der Waals surface area (Å²) in [5.41, 5.74) is 2.18. The highest BCUT2D eigenvalue weighted by Crippen LogP contribution is 2.40. The van der Waals surface area contributed by atoms with Crippen molar-refractivity contribution in [3.8, 4) is 5.75 Å². The highest BCUT2D eigenvalue weighted by atomic mass is 35.5. The first-order valence-corrected chi connectivity index (χ1v) is 11.3. The first-order chi connectivity index (χ1) is 15.6. The van der Waals surface area contributed by atoms with E-state index in [0.29, 0.717) is 22.9 Å². The summed E-state index contributed by atoms with van der Waals surface area (Å²) < 4.78 is 10.6. The number of carbonyl (C=O) groups excluding carboxylic acids is 2. The van der Waals surface area contributed by atoms with Crippen molar-refractivity contribution in [1.29, 1.82) is 0 Å². The lowest BCUT2D eigenvalue weighted by molar-refractivity contribution is -0.140. The second-order valence-corrected chi connectivity index (χ2v) is 9.34. The van der Waals surface area contributed by atoms with Gasteiger partial charge in [-0.1, -0.05) is 56.6 Å². The van der Waals surface area contributed by atoms with Crippen LogP contribution in [0.2, 0.25) is 5.02 Å². The maximum Gasteiger partial charge on any atom is 0.295 e. The molecule has 2 aromatic rings. The summed E-state index contributed by atoms with van der Waals surface area (Å²) in [5.74, 6) is -1.21. The predicted octanol–water partition coefficient (Wildman–Crippen LogP) is 5.10. The standard InChI is InChI=1S/C26H30ClNO5/c1-6-33-20-12-9-17(15-19(20)27)23(29)21-22(28(13-14-32-5)25(31)24(21)30)16-7-10-18(11-8-16)26(2,3)4/h7-12,15,22,29H,6,13-14H2,1-5H3. The van der Waals surface area contributed by atoms with Gasteiger partial charge in [0, 0.05) is 19.2 Å². The Morgan fingerprint density at radius 2 is 1.79 bits per heavy atom. The maximum absolute atomic E-state index is 13.1. The van der Waals surface area contributed by atoms with Crippen molar-refractivity contribution in [2.24, 2.45) is 0 Å². The van der Waals surface area contributed by atoms with E-state index < -0.39 is 17.7 Å².